The largest absolute Gasteiger partial charge is 0.378 e. The van der Waals surface area contributed by atoms with Crippen LogP contribution < -0.4 is 5.32 Å². The molecule has 0 saturated carbocycles. The number of hydrogen-bond donors (Lipinski definition) is 1. The van der Waals surface area contributed by atoms with Gasteiger partial charge in [0.05, 0.1) is 31.7 Å². The molecule has 0 spiro atoms. The van der Waals surface area contributed by atoms with Crippen LogP contribution >= 0.6 is 11.6 Å². The fourth-order valence-electron chi connectivity index (χ4n) is 3.84. The third kappa shape index (κ3) is 5.43. The van der Waals surface area contributed by atoms with E-state index in [0.29, 0.717) is 44.4 Å². The molecule has 2 unspecified atom stereocenters. The maximum atomic E-state index is 12.7. The van der Waals surface area contributed by atoms with E-state index >= 15 is 0 Å². The molecule has 2 fully saturated rings. The van der Waals surface area contributed by atoms with Crippen LogP contribution in [0.15, 0.2) is 24.3 Å². The molecule has 2 atom stereocenters. The topological polar surface area (TPSA) is 61.9 Å². The highest BCUT2D eigenvalue weighted by molar-refractivity contribution is 6.31. The van der Waals surface area contributed by atoms with E-state index < -0.39 is 0 Å². The Kier molecular flexibility index (Phi) is 7.10. The summed E-state index contributed by atoms with van der Waals surface area (Å²) in [6, 6.07) is 7.38. The van der Waals surface area contributed by atoms with Crippen molar-refractivity contribution >= 4 is 23.4 Å². The van der Waals surface area contributed by atoms with Crippen molar-refractivity contribution in [1.82, 2.24) is 15.1 Å². The molecule has 2 amide bonds. The number of hydrogen-bond acceptors (Lipinski definition) is 4. The van der Waals surface area contributed by atoms with Gasteiger partial charge in [-0.05, 0) is 37.9 Å². The van der Waals surface area contributed by atoms with Crippen molar-refractivity contribution in [3.63, 3.8) is 0 Å². The van der Waals surface area contributed by atoms with Gasteiger partial charge in [0.2, 0.25) is 11.8 Å². The predicted molar refractivity (Wildman–Crippen MR) is 105 cm³/mol. The van der Waals surface area contributed by atoms with Crippen LogP contribution in [0.2, 0.25) is 5.02 Å². The molecule has 2 aliphatic heterocycles. The number of ether oxygens (including phenoxy) is 1. The standard InChI is InChI=1S/C20H28ClN3O3/c1-15(17-6-2-3-7-18(17)21)22-19(25)14-23-8-4-5-16(13-23)20(26)24-9-11-27-12-10-24/h2-3,6-7,15-16H,4-5,8-14H2,1H3,(H,22,25). The molecule has 0 aliphatic carbocycles. The second kappa shape index (κ2) is 9.53. The van der Waals surface area contributed by atoms with E-state index in [0.717, 1.165) is 24.9 Å². The summed E-state index contributed by atoms with van der Waals surface area (Å²) in [7, 11) is 0. The average molecular weight is 394 g/mol. The Morgan fingerprint density at radius 1 is 1.26 bits per heavy atom. The fraction of sp³-hybridized carbons (Fsp3) is 0.600. The zero-order valence-corrected chi connectivity index (χ0v) is 16.6. The van der Waals surface area contributed by atoms with Crippen LogP contribution in [0.5, 0.6) is 0 Å². The summed E-state index contributed by atoms with van der Waals surface area (Å²) >= 11 is 6.21. The first-order valence-electron chi connectivity index (χ1n) is 9.67. The third-order valence-corrected chi connectivity index (χ3v) is 5.64. The average Bonchev–Trinajstić information content (AvgIpc) is 2.68. The highest BCUT2D eigenvalue weighted by Gasteiger charge is 2.30. The molecule has 0 radical (unpaired) electrons. The molecular weight excluding hydrogens is 366 g/mol. The van der Waals surface area contributed by atoms with Gasteiger partial charge >= 0.3 is 0 Å². The Morgan fingerprint density at radius 3 is 2.74 bits per heavy atom. The lowest BCUT2D eigenvalue weighted by atomic mass is 9.96. The Labute approximate surface area is 165 Å². The van der Waals surface area contributed by atoms with Crippen LogP contribution in [0.4, 0.5) is 0 Å². The van der Waals surface area contributed by atoms with Crippen molar-refractivity contribution in [3.8, 4) is 0 Å². The van der Waals surface area contributed by atoms with Gasteiger partial charge in [0.25, 0.3) is 0 Å². The molecular formula is C20H28ClN3O3. The molecule has 2 heterocycles. The third-order valence-electron chi connectivity index (χ3n) is 5.29. The van der Waals surface area contributed by atoms with Crippen molar-refractivity contribution in [2.24, 2.45) is 5.92 Å². The molecule has 0 bridgehead atoms. The number of rotatable bonds is 5. The Morgan fingerprint density at radius 2 is 2.00 bits per heavy atom. The predicted octanol–water partition coefficient (Wildman–Crippen LogP) is 2.09. The van der Waals surface area contributed by atoms with E-state index in [-0.39, 0.29) is 23.8 Å². The summed E-state index contributed by atoms with van der Waals surface area (Å²) in [5.41, 5.74) is 0.909. The molecule has 6 nitrogen and oxygen atoms in total. The van der Waals surface area contributed by atoms with Crippen molar-refractivity contribution in [1.29, 1.82) is 0 Å². The minimum absolute atomic E-state index is 0.0226. The Hall–Kier alpha value is -1.63. The molecule has 27 heavy (non-hydrogen) atoms. The van der Waals surface area contributed by atoms with Gasteiger partial charge in [0, 0.05) is 24.7 Å². The van der Waals surface area contributed by atoms with E-state index in [1.807, 2.05) is 36.1 Å². The van der Waals surface area contributed by atoms with Gasteiger partial charge in [-0.15, -0.1) is 0 Å². The van der Waals surface area contributed by atoms with E-state index in [2.05, 4.69) is 10.2 Å². The van der Waals surface area contributed by atoms with Gasteiger partial charge < -0.3 is 15.0 Å². The normalized spacial score (nSPS) is 22.3. The molecule has 1 aromatic rings. The van der Waals surface area contributed by atoms with Crippen LogP contribution in [-0.2, 0) is 14.3 Å². The molecule has 148 valence electrons. The SMILES string of the molecule is CC(NC(=O)CN1CCCC(C(=O)N2CCOCC2)C1)c1ccccc1Cl. The molecule has 0 aromatic heterocycles. The zero-order chi connectivity index (χ0) is 19.2. The lowest BCUT2D eigenvalue weighted by Gasteiger charge is -2.36. The Balaban J connectivity index is 1.50. The summed E-state index contributed by atoms with van der Waals surface area (Å²) in [5, 5.41) is 3.67. The quantitative estimate of drug-likeness (QED) is 0.832. The summed E-state index contributed by atoms with van der Waals surface area (Å²) in [6.07, 6.45) is 1.83. The molecule has 7 heteroatoms. The zero-order valence-electron chi connectivity index (χ0n) is 15.8. The molecule has 1 aromatic carbocycles. The van der Waals surface area contributed by atoms with Crippen molar-refractivity contribution in [2.45, 2.75) is 25.8 Å². The number of carbonyl (C=O) groups is 2. The molecule has 2 saturated heterocycles. The number of halogens is 1. The number of morpholine rings is 1. The van der Waals surface area contributed by atoms with Crippen molar-refractivity contribution in [2.75, 3.05) is 45.9 Å². The van der Waals surface area contributed by atoms with Crippen LogP contribution in [0.25, 0.3) is 0 Å². The van der Waals surface area contributed by atoms with Gasteiger partial charge in [-0.25, -0.2) is 0 Å². The number of piperidine rings is 1. The number of nitrogens with zero attached hydrogens (tertiary/aromatic N) is 2. The summed E-state index contributed by atoms with van der Waals surface area (Å²) in [5.74, 6) is 0.139. The monoisotopic (exact) mass is 393 g/mol. The summed E-state index contributed by atoms with van der Waals surface area (Å²) in [6.45, 7) is 6.30. The van der Waals surface area contributed by atoms with Crippen LogP contribution in [0, 0.1) is 5.92 Å². The first-order valence-corrected chi connectivity index (χ1v) is 10.0. The minimum Gasteiger partial charge on any atom is -0.378 e. The highest BCUT2D eigenvalue weighted by atomic mass is 35.5. The van der Waals surface area contributed by atoms with Crippen LogP contribution in [-0.4, -0.2) is 67.6 Å². The number of amides is 2. The highest BCUT2D eigenvalue weighted by Crippen LogP contribution is 2.23. The lowest BCUT2D eigenvalue weighted by Crippen LogP contribution is -2.50. The first-order chi connectivity index (χ1) is 13.0. The van der Waals surface area contributed by atoms with E-state index in [1.165, 1.54) is 0 Å². The second-order valence-electron chi connectivity index (χ2n) is 7.32. The van der Waals surface area contributed by atoms with Crippen LogP contribution in [0.1, 0.15) is 31.4 Å². The summed E-state index contributed by atoms with van der Waals surface area (Å²) < 4.78 is 5.33. The van der Waals surface area contributed by atoms with Gasteiger partial charge in [-0.1, -0.05) is 29.8 Å². The maximum absolute atomic E-state index is 12.7. The smallest absolute Gasteiger partial charge is 0.234 e. The van der Waals surface area contributed by atoms with Gasteiger partial charge in [-0.3, -0.25) is 14.5 Å². The van der Waals surface area contributed by atoms with E-state index in [1.54, 1.807) is 0 Å². The van der Waals surface area contributed by atoms with Gasteiger partial charge in [0.15, 0.2) is 0 Å². The second-order valence-corrected chi connectivity index (χ2v) is 7.73. The lowest BCUT2D eigenvalue weighted by molar-refractivity contribution is -0.142. The van der Waals surface area contributed by atoms with E-state index in [9.17, 15) is 9.59 Å². The molecule has 2 aliphatic rings. The van der Waals surface area contributed by atoms with Gasteiger partial charge in [0.1, 0.15) is 0 Å². The first kappa shape index (κ1) is 20.1. The minimum atomic E-state index is -0.151. The summed E-state index contributed by atoms with van der Waals surface area (Å²) in [4.78, 5) is 29.2. The van der Waals surface area contributed by atoms with Gasteiger partial charge in [-0.2, -0.15) is 0 Å². The van der Waals surface area contributed by atoms with E-state index in [4.69, 9.17) is 16.3 Å². The number of benzene rings is 1. The number of likely N-dealkylation sites (tertiary alicyclic amines) is 1. The fourth-order valence-corrected chi connectivity index (χ4v) is 4.14. The number of carbonyl (C=O) groups excluding carboxylic acids is 2. The number of nitrogens with one attached hydrogen (secondary N) is 1. The van der Waals surface area contributed by atoms with Crippen LogP contribution in [0.3, 0.4) is 0 Å². The van der Waals surface area contributed by atoms with Crippen molar-refractivity contribution in [3.05, 3.63) is 34.9 Å². The maximum Gasteiger partial charge on any atom is 0.234 e. The van der Waals surface area contributed by atoms with Crippen molar-refractivity contribution < 1.29 is 14.3 Å². The molecule has 1 N–H and O–H groups in total. The Bertz CT molecular complexity index is 664. The molecule has 3 rings (SSSR count).